The first-order valence-corrected chi connectivity index (χ1v) is 21.0. The van der Waals surface area contributed by atoms with Crippen LogP contribution < -0.4 is 10.1 Å². The second-order valence-electron chi connectivity index (χ2n) is 16.5. The lowest BCUT2D eigenvalue weighted by Gasteiger charge is -2.38. The molecule has 0 fully saturated rings. The number of ketones is 1. The maximum Gasteiger partial charge on any atom is 0.312 e. The number of phenolic OH excluding ortho intramolecular Hbond substituents is 3. The van der Waals surface area contributed by atoms with Gasteiger partial charge >= 0.3 is 11.8 Å². The normalized spacial score (nSPS) is 30.0. The number of aromatic hydroxyl groups is 3. The molecule has 0 saturated heterocycles. The van der Waals surface area contributed by atoms with Gasteiger partial charge in [0.05, 0.1) is 53.0 Å². The standard InChI is InChI=1S/C46H64N2O13/c1-12-14-19-30(16-13-2)61-47-22-31-36-41(54)34-33(40(31)53)35-43(28(8)39(34)52)60-46(10,44(35)55)58-21-20-32(57-11)25(5)42(59-29(9)49)27(7)38(51)26(6)37(50)23(3)17-15-18-24(4)45(56)48-36/h15,17-18,20-23,25-27,30,32,37-38,42,50-54H,12-14,16,19H2,1-11H3,(H,48,56)/b17-15+,21-20+,24-18-,47-22+. The minimum Gasteiger partial charge on any atom is -0.507 e. The molecule has 1 amide bonds. The summed E-state index contributed by atoms with van der Waals surface area (Å²) in [6.45, 7) is 16.6. The first-order chi connectivity index (χ1) is 28.8. The molecule has 3 aliphatic rings. The summed E-state index contributed by atoms with van der Waals surface area (Å²) in [5, 5.41) is 64.7. The monoisotopic (exact) mass is 852 g/mol. The third kappa shape index (κ3) is 10.3. The van der Waals surface area contributed by atoms with Crippen LogP contribution in [0.15, 0.2) is 41.3 Å². The van der Waals surface area contributed by atoms with Crippen LogP contribution in [0.1, 0.15) is 116 Å². The molecule has 10 unspecified atom stereocenters. The third-order valence-electron chi connectivity index (χ3n) is 11.9. The predicted octanol–water partition coefficient (Wildman–Crippen LogP) is 7.46. The Morgan fingerprint density at radius 1 is 0.951 bits per heavy atom. The van der Waals surface area contributed by atoms with Gasteiger partial charge in [-0.25, -0.2) is 0 Å². The van der Waals surface area contributed by atoms with Crippen molar-refractivity contribution in [3.63, 3.8) is 0 Å². The van der Waals surface area contributed by atoms with Crippen LogP contribution in [0.4, 0.5) is 5.69 Å². The fraction of sp³-hybridized carbons (Fsp3) is 0.565. The van der Waals surface area contributed by atoms with Gasteiger partial charge in [-0.1, -0.05) is 77.8 Å². The van der Waals surface area contributed by atoms with E-state index in [1.807, 2.05) is 6.92 Å². The zero-order valence-electron chi connectivity index (χ0n) is 37.1. The van der Waals surface area contributed by atoms with Crippen LogP contribution in [0.25, 0.3) is 10.8 Å². The number of ether oxygens (including phenoxy) is 4. The number of anilines is 1. The van der Waals surface area contributed by atoms with E-state index in [9.17, 15) is 39.9 Å². The number of phenols is 3. The molecule has 0 aliphatic carbocycles. The van der Waals surface area contributed by atoms with Crippen molar-refractivity contribution in [1.29, 1.82) is 0 Å². The van der Waals surface area contributed by atoms with E-state index in [1.165, 1.54) is 53.2 Å². The number of Topliss-reactive ketones (excluding diaryl/α,β-unsaturated/α-hetero) is 1. The summed E-state index contributed by atoms with van der Waals surface area (Å²) in [7, 11) is 1.43. The molecule has 5 bridgehead atoms. The van der Waals surface area contributed by atoms with Gasteiger partial charge in [-0.05, 0) is 39.2 Å². The fourth-order valence-electron chi connectivity index (χ4n) is 8.05. The number of aliphatic hydroxyl groups excluding tert-OH is 2. The molecular weight excluding hydrogens is 789 g/mol. The topological polar surface area (TPSA) is 223 Å². The number of rotatable bonds is 10. The number of fused-ring (bicyclic) bond motifs is 14. The molecule has 6 N–H and O–H groups in total. The highest BCUT2D eigenvalue weighted by molar-refractivity contribution is 6.23. The van der Waals surface area contributed by atoms with Gasteiger partial charge in [0.15, 0.2) is 5.75 Å². The molecule has 0 radical (unpaired) electrons. The van der Waals surface area contributed by atoms with Crippen molar-refractivity contribution in [1.82, 2.24) is 0 Å². The van der Waals surface area contributed by atoms with E-state index in [1.54, 1.807) is 39.8 Å². The van der Waals surface area contributed by atoms with Gasteiger partial charge in [-0.2, -0.15) is 0 Å². The zero-order valence-corrected chi connectivity index (χ0v) is 37.1. The number of hydrogen-bond acceptors (Lipinski definition) is 14. The molecule has 0 aromatic heterocycles. The van der Waals surface area contributed by atoms with Crippen molar-refractivity contribution in [2.45, 2.75) is 138 Å². The smallest absolute Gasteiger partial charge is 0.312 e. The maximum atomic E-state index is 14.5. The second-order valence-corrected chi connectivity index (χ2v) is 16.5. The highest BCUT2D eigenvalue weighted by Crippen LogP contribution is 2.55. The molecule has 15 nitrogen and oxygen atoms in total. The van der Waals surface area contributed by atoms with Gasteiger partial charge in [0.1, 0.15) is 29.5 Å². The fourth-order valence-corrected chi connectivity index (χ4v) is 8.05. The third-order valence-corrected chi connectivity index (χ3v) is 11.9. The van der Waals surface area contributed by atoms with E-state index < -0.39 is 88.8 Å². The van der Waals surface area contributed by atoms with Gasteiger partial charge < -0.3 is 54.6 Å². The number of hydrogen-bond donors (Lipinski definition) is 6. The molecule has 2 aromatic carbocycles. The molecule has 2 aromatic rings. The average molecular weight is 853 g/mol. The number of allylic oxidation sites excluding steroid dienone is 2. The van der Waals surface area contributed by atoms with E-state index in [0.29, 0.717) is 6.42 Å². The van der Waals surface area contributed by atoms with Crippen LogP contribution >= 0.6 is 0 Å². The molecule has 3 aliphatic heterocycles. The van der Waals surface area contributed by atoms with Crippen molar-refractivity contribution >= 4 is 40.3 Å². The quantitative estimate of drug-likeness (QED) is 0.0450. The van der Waals surface area contributed by atoms with Crippen LogP contribution in [0, 0.1) is 30.6 Å². The number of nitrogens with one attached hydrogen (secondary N) is 1. The Labute approximate surface area is 358 Å². The second kappa shape index (κ2) is 20.6. The first-order valence-electron chi connectivity index (χ1n) is 21.0. The number of nitrogens with zero attached hydrogens (tertiary/aromatic N) is 1. The highest BCUT2D eigenvalue weighted by atomic mass is 16.7. The van der Waals surface area contributed by atoms with E-state index in [2.05, 4.69) is 17.4 Å². The summed E-state index contributed by atoms with van der Waals surface area (Å²) in [6, 6.07) is 0. The number of carbonyl (C=O) groups is 3. The lowest BCUT2D eigenvalue weighted by Crippen LogP contribution is -2.46. The van der Waals surface area contributed by atoms with Crippen molar-refractivity contribution < 1.29 is 63.7 Å². The number of aliphatic hydroxyl groups is 2. The van der Waals surface area contributed by atoms with Gasteiger partial charge in [-0.3, -0.25) is 14.4 Å². The summed E-state index contributed by atoms with van der Waals surface area (Å²) in [5.74, 6) is -8.56. The summed E-state index contributed by atoms with van der Waals surface area (Å²) in [6.07, 6.45) is 8.48. The Hall–Kier alpha value is -5.12. The zero-order chi connectivity index (χ0) is 45.5. The number of unbranched alkanes of at least 4 members (excludes halogenated alkanes) is 1. The van der Waals surface area contributed by atoms with Crippen LogP contribution in [-0.2, 0) is 28.6 Å². The Bertz CT molecular complexity index is 2060. The summed E-state index contributed by atoms with van der Waals surface area (Å²) < 4.78 is 23.6. The number of amides is 1. The number of oxime groups is 1. The lowest BCUT2D eigenvalue weighted by atomic mass is 9.78. The predicted molar refractivity (Wildman–Crippen MR) is 231 cm³/mol. The molecule has 10 atom stereocenters. The van der Waals surface area contributed by atoms with E-state index >= 15 is 0 Å². The number of benzene rings is 2. The Morgan fingerprint density at radius 3 is 2.26 bits per heavy atom. The molecule has 3 heterocycles. The molecule has 0 saturated carbocycles. The van der Waals surface area contributed by atoms with Gasteiger partial charge in [0.25, 0.3) is 11.7 Å². The van der Waals surface area contributed by atoms with Crippen molar-refractivity contribution in [3.05, 3.63) is 52.8 Å². The Morgan fingerprint density at radius 2 is 1.64 bits per heavy atom. The SMILES string of the molecule is CCCCC(CCC)O/N=C/c1c2c(O)c3c(O)c(C)c4c(c3c1O)C(=O)C(C)(O/C=C/C(OC)C(C)C(OC(C)=O)C(C)C(O)C(C)C(O)C(C)/C=C/C=C(/C)C(=O)N2)O4. The van der Waals surface area contributed by atoms with Gasteiger partial charge in [0, 0.05) is 61.2 Å². The Kier molecular flexibility index (Phi) is 16.4. The van der Waals surface area contributed by atoms with E-state index in [-0.39, 0.29) is 50.6 Å². The minimum atomic E-state index is -2.06. The van der Waals surface area contributed by atoms with Crippen molar-refractivity contribution in [3.8, 4) is 23.0 Å². The number of methoxy groups -OCH3 is 1. The molecule has 336 valence electrons. The summed E-state index contributed by atoms with van der Waals surface area (Å²) >= 11 is 0. The largest absolute Gasteiger partial charge is 0.507 e. The van der Waals surface area contributed by atoms with E-state index in [0.717, 1.165) is 31.9 Å². The number of carbonyl (C=O) groups excluding carboxylic acids is 3. The molecule has 61 heavy (non-hydrogen) atoms. The van der Waals surface area contributed by atoms with Crippen molar-refractivity contribution in [2.24, 2.45) is 28.8 Å². The molecule has 5 rings (SSSR count). The molecular formula is C46H64N2O13. The van der Waals surface area contributed by atoms with Crippen LogP contribution in [0.2, 0.25) is 0 Å². The lowest BCUT2D eigenvalue weighted by molar-refractivity contribution is -0.160. The summed E-state index contributed by atoms with van der Waals surface area (Å²) in [4.78, 5) is 46.4. The minimum absolute atomic E-state index is 0.0413. The summed E-state index contributed by atoms with van der Waals surface area (Å²) in [5.41, 5.74) is -0.541. The Balaban J connectivity index is 1.97. The van der Waals surface area contributed by atoms with Gasteiger partial charge in [0.2, 0.25) is 0 Å². The van der Waals surface area contributed by atoms with Crippen LogP contribution in [0.5, 0.6) is 23.0 Å². The van der Waals surface area contributed by atoms with Crippen molar-refractivity contribution in [2.75, 3.05) is 12.4 Å². The molecule has 15 heteroatoms. The maximum absolute atomic E-state index is 14.5. The number of esters is 1. The highest BCUT2D eigenvalue weighted by Gasteiger charge is 2.50. The molecule has 0 spiro atoms. The van der Waals surface area contributed by atoms with Crippen LogP contribution in [0.3, 0.4) is 0 Å². The van der Waals surface area contributed by atoms with Gasteiger partial charge in [-0.15, -0.1) is 0 Å². The van der Waals surface area contributed by atoms with Crippen LogP contribution in [-0.4, -0.2) is 92.8 Å². The average Bonchev–Trinajstić information content (AvgIpc) is 3.49. The van der Waals surface area contributed by atoms with E-state index in [4.69, 9.17) is 23.8 Å². The first kappa shape index (κ1) is 48.5.